The molecule has 0 saturated heterocycles. The first-order valence-corrected chi connectivity index (χ1v) is 9.65. The molecule has 136 valence electrons. The molecular formula is C19H20N2O4S. The van der Waals surface area contributed by atoms with E-state index >= 15 is 0 Å². The monoisotopic (exact) mass is 372 g/mol. The number of rotatable bonds is 3. The van der Waals surface area contributed by atoms with E-state index in [1.165, 1.54) is 25.1 Å². The third-order valence-electron chi connectivity index (χ3n) is 4.50. The molecule has 0 atom stereocenters. The Hall–Kier alpha value is -2.51. The molecule has 0 aliphatic carbocycles. The first-order valence-electron chi connectivity index (χ1n) is 8.21. The van der Waals surface area contributed by atoms with Crippen molar-refractivity contribution in [2.75, 3.05) is 25.5 Å². The summed E-state index contributed by atoms with van der Waals surface area (Å²) < 4.78 is 26.1. The van der Waals surface area contributed by atoms with Gasteiger partial charge < -0.3 is 4.90 Å². The molecule has 26 heavy (non-hydrogen) atoms. The standard InChI is InChI=1S/C19H20N2O4S/c1-13-8-9-14(12-18(13)26(24,25)20(2)3)19(23)21-11-10-17(22)15-6-4-5-7-16(15)21/h4-9,12H,10-11H2,1-3H3. The Kier molecular flexibility index (Phi) is 4.68. The summed E-state index contributed by atoms with van der Waals surface area (Å²) in [4.78, 5) is 26.7. The Morgan fingerprint density at radius 3 is 2.50 bits per heavy atom. The van der Waals surface area contributed by atoms with Gasteiger partial charge in [0.25, 0.3) is 5.91 Å². The molecule has 0 fully saturated rings. The fraction of sp³-hybridized carbons (Fsp3) is 0.263. The van der Waals surface area contributed by atoms with Crippen LogP contribution >= 0.6 is 0 Å². The fourth-order valence-electron chi connectivity index (χ4n) is 2.99. The first kappa shape index (κ1) is 18.3. The Morgan fingerprint density at radius 1 is 1.12 bits per heavy atom. The number of ketones is 1. The third kappa shape index (κ3) is 3.04. The van der Waals surface area contributed by atoms with Crippen LogP contribution in [-0.4, -0.2) is 45.1 Å². The second-order valence-corrected chi connectivity index (χ2v) is 8.54. The first-order chi connectivity index (χ1) is 12.2. The van der Waals surface area contributed by atoms with Crippen LogP contribution in [0.25, 0.3) is 0 Å². The second-order valence-electron chi connectivity index (χ2n) is 6.41. The SMILES string of the molecule is Cc1ccc(C(=O)N2CCC(=O)c3ccccc32)cc1S(=O)(=O)N(C)C. The number of aryl methyl sites for hydroxylation is 1. The number of anilines is 1. The minimum absolute atomic E-state index is 0.00410. The summed E-state index contributed by atoms with van der Waals surface area (Å²) in [5.41, 5.74) is 1.93. The van der Waals surface area contributed by atoms with Gasteiger partial charge in [-0.1, -0.05) is 18.2 Å². The zero-order valence-electron chi connectivity index (χ0n) is 14.9. The molecule has 3 rings (SSSR count). The van der Waals surface area contributed by atoms with Crippen molar-refractivity contribution in [3.05, 3.63) is 59.2 Å². The van der Waals surface area contributed by atoms with Crippen LogP contribution in [-0.2, 0) is 10.0 Å². The molecule has 0 spiro atoms. The van der Waals surface area contributed by atoms with Gasteiger partial charge in [-0.15, -0.1) is 0 Å². The van der Waals surface area contributed by atoms with Crippen LogP contribution < -0.4 is 4.90 Å². The normalized spacial score (nSPS) is 14.5. The zero-order chi connectivity index (χ0) is 19.1. The number of carbonyl (C=O) groups is 2. The number of para-hydroxylation sites is 1. The number of sulfonamides is 1. The molecule has 1 aliphatic rings. The summed E-state index contributed by atoms with van der Waals surface area (Å²) in [5, 5.41) is 0. The molecular weight excluding hydrogens is 352 g/mol. The lowest BCUT2D eigenvalue weighted by atomic mass is 9.99. The molecule has 0 bridgehead atoms. The molecule has 2 aromatic carbocycles. The summed E-state index contributed by atoms with van der Waals surface area (Å²) in [5.74, 6) is -0.315. The van der Waals surface area contributed by atoms with E-state index in [-0.39, 0.29) is 35.1 Å². The predicted octanol–water partition coefficient (Wildman–Crippen LogP) is 2.48. The molecule has 1 heterocycles. The van der Waals surface area contributed by atoms with Crippen LogP contribution in [0.5, 0.6) is 0 Å². The van der Waals surface area contributed by atoms with Crippen LogP contribution in [0.3, 0.4) is 0 Å². The quantitative estimate of drug-likeness (QED) is 0.830. The van der Waals surface area contributed by atoms with Crippen molar-refractivity contribution in [2.45, 2.75) is 18.2 Å². The van der Waals surface area contributed by atoms with E-state index in [4.69, 9.17) is 0 Å². The van der Waals surface area contributed by atoms with Gasteiger partial charge in [-0.25, -0.2) is 12.7 Å². The lowest BCUT2D eigenvalue weighted by molar-refractivity contribution is 0.0955. The van der Waals surface area contributed by atoms with Crippen LogP contribution in [0.2, 0.25) is 0 Å². The van der Waals surface area contributed by atoms with Gasteiger partial charge in [0.15, 0.2) is 5.78 Å². The van der Waals surface area contributed by atoms with Crippen molar-refractivity contribution in [2.24, 2.45) is 0 Å². The maximum Gasteiger partial charge on any atom is 0.258 e. The predicted molar refractivity (Wildman–Crippen MR) is 99.1 cm³/mol. The van der Waals surface area contributed by atoms with Gasteiger partial charge in [0, 0.05) is 38.2 Å². The van der Waals surface area contributed by atoms with Gasteiger partial charge in [0.05, 0.1) is 10.6 Å². The van der Waals surface area contributed by atoms with Crippen molar-refractivity contribution in [1.29, 1.82) is 0 Å². The van der Waals surface area contributed by atoms with Crippen molar-refractivity contribution in [3.8, 4) is 0 Å². The van der Waals surface area contributed by atoms with E-state index in [0.717, 1.165) is 4.31 Å². The molecule has 6 nitrogen and oxygen atoms in total. The van der Waals surface area contributed by atoms with E-state index in [1.807, 2.05) is 0 Å². The summed E-state index contributed by atoms with van der Waals surface area (Å²) in [6.07, 6.45) is 0.247. The van der Waals surface area contributed by atoms with Gasteiger partial charge in [-0.2, -0.15) is 0 Å². The number of benzene rings is 2. The van der Waals surface area contributed by atoms with E-state index in [1.54, 1.807) is 43.3 Å². The van der Waals surface area contributed by atoms with Gasteiger partial charge in [-0.3, -0.25) is 9.59 Å². The van der Waals surface area contributed by atoms with Crippen LogP contribution in [0.15, 0.2) is 47.4 Å². The highest BCUT2D eigenvalue weighted by molar-refractivity contribution is 7.89. The molecule has 0 unspecified atom stereocenters. The lowest BCUT2D eigenvalue weighted by Crippen LogP contribution is -2.37. The third-order valence-corrected chi connectivity index (χ3v) is 6.45. The maximum atomic E-state index is 13.0. The molecule has 1 aliphatic heterocycles. The summed E-state index contributed by atoms with van der Waals surface area (Å²) in [7, 11) is -0.747. The number of hydrogen-bond acceptors (Lipinski definition) is 4. The number of carbonyl (C=O) groups excluding carboxylic acids is 2. The highest BCUT2D eigenvalue weighted by Crippen LogP contribution is 2.29. The zero-order valence-corrected chi connectivity index (χ0v) is 15.7. The van der Waals surface area contributed by atoms with Crippen molar-refractivity contribution in [1.82, 2.24) is 4.31 Å². The van der Waals surface area contributed by atoms with Gasteiger partial charge >= 0.3 is 0 Å². The van der Waals surface area contributed by atoms with Gasteiger partial charge in [0.1, 0.15) is 0 Å². The molecule has 0 N–H and O–H groups in total. The van der Waals surface area contributed by atoms with Crippen molar-refractivity contribution in [3.63, 3.8) is 0 Å². The number of Topliss-reactive ketones (excluding diaryl/α,β-unsaturated/α-hetero) is 1. The Bertz CT molecular complexity index is 996. The van der Waals surface area contributed by atoms with Gasteiger partial charge in [-0.05, 0) is 36.8 Å². The minimum atomic E-state index is -3.66. The molecule has 7 heteroatoms. The van der Waals surface area contributed by atoms with Crippen LogP contribution in [0.1, 0.15) is 32.7 Å². The highest BCUT2D eigenvalue weighted by atomic mass is 32.2. The highest BCUT2D eigenvalue weighted by Gasteiger charge is 2.29. The summed E-state index contributed by atoms with van der Waals surface area (Å²) >= 11 is 0. The number of nitrogens with zero attached hydrogens (tertiary/aromatic N) is 2. The maximum absolute atomic E-state index is 13.0. The molecule has 0 radical (unpaired) electrons. The Labute approximate surface area is 153 Å². The second kappa shape index (κ2) is 6.66. The largest absolute Gasteiger partial charge is 0.307 e. The van der Waals surface area contributed by atoms with E-state index in [0.29, 0.717) is 16.8 Å². The lowest BCUT2D eigenvalue weighted by Gasteiger charge is -2.29. The summed E-state index contributed by atoms with van der Waals surface area (Å²) in [6.45, 7) is 1.97. The van der Waals surface area contributed by atoms with E-state index < -0.39 is 10.0 Å². The topological polar surface area (TPSA) is 74.8 Å². The molecule has 0 aromatic heterocycles. The molecule has 0 saturated carbocycles. The number of fused-ring (bicyclic) bond motifs is 1. The number of hydrogen-bond donors (Lipinski definition) is 0. The van der Waals surface area contributed by atoms with Crippen molar-refractivity contribution < 1.29 is 18.0 Å². The van der Waals surface area contributed by atoms with Crippen LogP contribution in [0.4, 0.5) is 5.69 Å². The Morgan fingerprint density at radius 2 is 1.81 bits per heavy atom. The number of amides is 1. The minimum Gasteiger partial charge on any atom is -0.307 e. The van der Waals surface area contributed by atoms with Crippen LogP contribution in [0, 0.1) is 6.92 Å². The van der Waals surface area contributed by atoms with E-state index in [9.17, 15) is 18.0 Å². The molecule has 1 amide bonds. The van der Waals surface area contributed by atoms with Crippen molar-refractivity contribution >= 4 is 27.4 Å². The Balaban J connectivity index is 2.05. The smallest absolute Gasteiger partial charge is 0.258 e. The summed E-state index contributed by atoms with van der Waals surface area (Å²) in [6, 6.07) is 11.6. The molecule has 2 aromatic rings. The fourth-order valence-corrected chi connectivity index (χ4v) is 4.13. The van der Waals surface area contributed by atoms with E-state index in [2.05, 4.69) is 0 Å². The average Bonchev–Trinajstić information content (AvgIpc) is 2.62. The van der Waals surface area contributed by atoms with Gasteiger partial charge in [0.2, 0.25) is 10.0 Å². The average molecular weight is 372 g/mol.